The van der Waals surface area contributed by atoms with Crippen LogP contribution < -0.4 is 0 Å². The van der Waals surface area contributed by atoms with Gasteiger partial charge in [-0.15, -0.1) is 0 Å². The van der Waals surface area contributed by atoms with Crippen molar-refractivity contribution in [2.45, 2.75) is 6.92 Å². The molecule has 0 unspecified atom stereocenters. The van der Waals surface area contributed by atoms with Crippen molar-refractivity contribution in [2.75, 3.05) is 14.2 Å². The zero-order valence-electron chi connectivity index (χ0n) is 11.8. The highest BCUT2D eigenvalue weighted by molar-refractivity contribution is 6.05. The highest BCUT2D eigenvalue weighted by atomic mass is 16.5. The number of methoxy groups -OCH3 is 2. The van der Waals surface area contributed by atoms with E-state index >= 15 is 0 Å². The smallest absolute Gasteiger partial charge is 0.324 e. The molecule has 0 spiro atoms. The minimum absolute atomic E-state index is 0.123. The van der Waals surface area contributed by atoms with Crippen LogP contribution in [0.15, 0.2) is 36.4 Å². The fraction of sp³-hybridized carbons (Fsp3) is 0.375. The maximum Gasteiger partial charge on any atom is 0.324 e. The Kier molecular flexibility index (Phi) is 3.93. The number of hydrogen-bond acceptors (Lipinski definition) is 4. The average Bonchev–Trinajstić information content (AvgIpc) is 3.10. The van der Waals surface area contributed by atoms with E-state index in [0.29, 0.717) is 0 Å². The molecule has 0 aromatic heterocycles. The van der Waals surface area contributed by atoms with Crippen LogP contribution in [0.4, 0.5) is 0 Å². The molecule has 0 amide bonds. The predicted molar refractivity (Wildman–Crippen MR) is 74.6 cm³/mol. The lowest BCUT2D eigenvalue weighted by Gasteiger charge is -2.11. The summed E-state index contributed by atoms with van der Waals surface area (Å²) in [5.74, 6) is -1.37. The summed E-state index contributed by atoms with van der Waals surface area (Å²) in [5, 5.41) is 0. The van der Waals surface area contributed by atoms with Crippen molar-refractivity contribution >= 4 is 18.0 Å². The van der Waals surface area contributed by atoms with Crippen LogP contribution >= 0.6 is 0 Å². The first-order valence-corrected chi connectivity index (χ1v) is 6.49. The van der Waals surface area contributed by atoms with Crippen LogP contribution in [0.2, 0.25) is 0 Å². The van der Waals surface area contributed by atoms with E-state index in [1.807, 2.05) is 49.4 Å². The molecule has 1 aliphatic rings. The Morgan fingerprint density at radius 3 is 2.15 bits per heavy atom. The number of benzene rings is 1. The summed E-state index contributed by atoms with van der Waals surface area (Å²) in [6.45, 7) is 1.86. The van der Waals surface area contributed by atoms with Crippen LogP contribution in [0, 0.1) is 17.3 Å². The van der Waals surface area contributed by atoms with Crippen LogP contribution in [0.1, 0.15) is 12.5 Å². The number of allylic oxidation sites excluding steroid dienone is 1. The normalized spacial score (nSPS) is 23.4. The van der Waals surface area contributed by atoms with Gasteiger partial charge in [0.2, 0.25) is 0 Å². The Bertz CT molecular complexity index is 517. The maximum atomic E-state index is 12.0. The van der Waals surface area contributed by atoms with Gasteiger partial charge in [0.25, 0.3) is 0 Å². The molecule has 2 rings (SSSR count). The molecule has 4 heteroatoms. The largest absolute Gasteiger partial charge is 0.468 e. The van der Waals surface area contributed by atoms with E-state index in [1.54, 1.807) is 0 Å². The van der Waals surface area contributed by atoms with E-state index in [4.69, 9.17) is 9.47 Å². The number of ether oxygens (including phenoxy) is 2. The van der Waals surface area contributed by atoms with E-state index < -0.39 is 17.4 Å². The molecule has 1 fully saturated rings. The van der Waals surface area contributed by atoms with Gasteiger partial charge in [-0.1, -0.05) is 49.4 Å². The fourth-order valence-electron chi connectivity index (χ4n) is 2.76. The van der Waals surface area contributed by atoms with Crippen molar-refractivity contribution < 1.29 is 19.1 Å². The summed E-state index contributed by atoms with van der Waals surface area (Å²) < 4.78 is 9.56. The van der Waals surface area contributed by atoms with Gasteiger partial charge in [-0.2, -0.15) is 0 Å². The van der Waals surface area contributed by atoms with Crippen molar-refractivity contribution in [2.24, 2.45) is 17.3 Å². The standard InChI is InChI=1S/C16H18O4/c1-11-13(10-9-12-7-5-4-6-8-12)16(11,14(17)19-2)15(18)20-3/h4-11,13H,1-3H3/b10-9+/t11-,13-/m0/s1. The Morgan fingerprint density at radius 1 is 1.10 bits per heavy atom. The Morgan fingerprint density at radius 2 is 1.65 bits per heavy atom. The molecule has 0 radical (unpaired) electrons. The maximum absolute atomic E-state index is 12.0. The average molecular weight is 274 g/mol. The van der Waals surface area contributed by atoms with Crippen LogP contribution in [0.3, 0.4) is 0 Å². The zero-order valence-corrected chi connectivity index (χ0v) is 11.8. The third-order valence-corrected chi connectivity index (χ3v) is 4.02. The monoisotopic (exact) mass is 274 g/mol. The molecule has 0 aliphatic heterocycles. The van der Waals surface area contributed by atoms with Crippen LogP contribution in [-0.2, 0) is 19.1 Å². The molecular weight excluding hydrogens is 256 g/mol. The fourth-order valence-corrected chi connectivity index (χ4v) is 2.76. The van der Waals surface area contributed by atoms with Crippen molar-refractivity contribution in [3.05, 3.63) is 42.0 Å². The second-order valence-electron chi connectivity index (χ2n) is 4.94. The third-order valence-electron chi connectivity index (χ3n) is 4.02. The van der Waals surface area contributed by atoms with Gasteiger partial charge >= 0.3 is 11.9 Å². The van der Waals surface area contributed by atoms with Crippen molar-refractivity contribution in [1.82, 2.24) is 0 Å². The van der Waals surface area contributed by atoms with Crippen LogP contribution in [0.5, 0.6) is 0 Å². The molecule has 0 saturated heterocycles. The number of esters is 2. The highest BCUT2D eigenvalue weighted by Gasteiger charge is 2.73. The topological polar surface area (TPSA) is 52.6 Å². The Hall–Kier alpha value is -2.10. The zero-order chi connectivity index (χ0) is 14.8. The van der Waals surface area contributed by atoms with Crippen molar-refractivity contribution in [1.29, 1.82) is 0 Å². The quantitative estimate of drug-likeness (QED) is 0.624. The number of carbonyl (C=O) groups is 2. The SMILES string of the molecule is COC(=O)C1(C(=O)OC)[C@@H](C)[C@@H]1/C=C/c1ccccc1. The van der Waals surface area contributed by atoms with Gasteiger partial charge in [-0.25, -0.2) is 0 Å². The molecule has 106 valence electrons. The minimum Gasteiger partial charge on any atom is -0.468 e. The summed E-state index contributed by atoms with van der Waals surface area (Å²) in [4.78, 5) is 23.9. The molecule has 1 aromatic rings. The molecule has 0 bridgehead atoms. The van der Waals surface area contributed by atoms with Gasteiger partial charge < -0.3 is 9.47 Å². The first-order chi connectivity index (χ1) is 9.58. The van der Waals surface area contributed by atoms with Crippen LogP contribution in [0.25, 0.3) is 6.08 Å². The first-order valence-electron chi connectivity index (χ1n) is 6.49. The van der Waals surface area contributed by atoms with Gasteiger partial charge in [-0.3, -0.25) is 9.59 Å². The molecule has 0 heterocycles. The van der Waals surface area contributed by atoms with Gasteiger partial charge in [-0.05, 0) is 11.5 Å². The molecule has 4 nitrogen and oxygen atoms in total. The molecule has 1 aromatic carbocycles. The van der Waals surface area contributed by atoms with Gasteiger partial charge in [0.05, 0.1) is 14.2 Å². The predicted octanol–water partition coefficient (Wildman–Crippen LogP) is 2.30. The summed E-state index contributed by atoms with van der Waals surface area (Å²) in [6, 6.07) is 9.72. The third kappa shape index (κ3) is 2.11. The van der Waals surface area contributed by atoms with Crippen LogP contribution in [-0.4, -0.2) is 26.2 Å². The lowest BCUT2D eigenvalue weighted by Crippen LogP contribution is -2.31. The van der Waals surface area contributed by atoms with E-state index in [0.717, 1.165) is 5.56 Å². The van der Waals surface area contributed by atoms with E-state index in [9.17, 15) is 9.59 Å². The highest BCUT2D eigenvalue weighted by Crippen LogP contribution is 2.61. The summed E-state index contributed by atoms with van der Waals surface area (Å²) in [6.07, 6.45) is 3.79. The first kappa shape index (κ1) is 14.3. The van der Waals surface area contributed by atoms with Crippen molar-refractivity contribution in [3.8, 4) is 0 Å². The van der Waals surface area contributed by atoms with Gasteiger partial charge in [0.1, 0.15) is 0 Å². The molecule has 1 aliphatic carbocycles. The molecule has 2 atom stereocenters. The molecular formula is C16H18O4. The lowest BCUT2D eigenvalue weighted by atomic mass is 10.0. The van der Waals surface area contributed by atoms with E-state index in [-0.39, 0.29) is 11.8 Å². The molecule has 1 saturated carbocycles. The Labute approximate surface area is 118 Å². The van der Waals surface area contributed by atoms with Gasteiger partial charge in [0.15, 0.2) is 5.41 Å². The van der Waals surface area contributed by atoms with Gasteiger partial charge in [0, 0.05) is 5.92 Å². The van der Waals surface area contributed by atoms with E-state index in [1.165, 1.54) is 14.2 Å². The summed E-state index contributed by atoms with van der Waals surface area (Å²) in [7, 11) is 2.58. The summed E-state index contributed by atoms with van der Waals surface area (Å²) in [5.41, 5.74) is -0.162. The number of rotatable bonds is 4. The second kappa shape index (κ2) is 5.49. The number of hydrogen-bond donors (Lipinski definition) is 0. The molecule has 20 heavy (non-hydrogen) atoms. The second-order valence-corrected chi connectivity index (χ2v) is 4.94. The minimum atomic E-state index is -1.19. The van der Waals surface area contributed by atoms with E-state index in [2.05, 4.69) is 0 Å². The Balaban J connectivity index is 2.23. The number of carbonyl (C=O) groups excluding carboxylic acids is 2. The molecule has 0 N–H and O–H groups in total. The van der Waals surface area contributed by atoms with Crippen molar-refractivity contribution in [3.63, 3.8) is 0 Å². The summed E-state index contributed by atoms with van der Waals surface area (Å²) >= 11 is 0. The lowest BCUT2D eigenvalue weighted by molar-refractivity contribution is -0.162.